The van der Waals surface area contributed by atoms with Crippen molar-refractivity contribution in [2.24, 2.45) is 0 Å². The van der Waals surface area contributed by atoms with Crippen LogP contribution in [0, 0.1) is 6.92 Å². The number of amides is 1. The molecule has 9 heteroatoms. The molecule has 0 radical (unpaired) electrons. The predicted molar refractivity (Wildman–Crippen MR) is 132 cm³/mol. The van der Waals surface area contributed by atoms with Crippen LogP contribution in [0.4, 0.5) is 4.79 Å². The molecule has 0 saturated heterocycles. The minimum atomic E-state index is -0.595. The first-order chi connectivity index (χ1) is 15.8. The summed E-state index contributed by atoms with van der Waals surface area (Å²) in [6.45, 7) is 7.61. The van der Waals surface area contributed by atoms with Crippen LogP contribution in [-0.2, 0) is 16.9 Å². The van der Waals surface area contributed by atoms with E-state index >= 15 is 0 Å². The summed E-state index contributed by atoms with van der Waals surface area (Å²) >= 11 is 3.16. The van der Waals surface area contributed by atoms with Crippen molar-refractivity contribution in [3.8, 4) is 0 Å². The second-order valence-electron chi connectivity index (χ2n) is 8.79. The fourth-order valence-corrected chi connectivity index (χ4v) is 5.17. The molecular formula is C24H27N5O2S2. The number of aromatic nitrogens is 4. The molecule has 2 aromatic heterocycles. The first-order valence-corrected chi connectivity index (χ1v) is 12.5. The monoisotopic (exact) mass is 481 g/mol. The fraction of sp³-hybridized carbons (Fsp3) is 0.333. The number of nitrogens with one attached hydrogen (secondary N) is 1. The van der Waals surface area contributed by atoms with E-state index < -0.39 is 17.7 Å². The average Bonchev–Trinajstić information content (AvgIpc) is 3.32. The Hall–Kier alpha value is -2.91. The average molecular weight is 482 g/mol. The molecule has 4 rings (SSSR count). The van der Waals surface area contributed by atoms with Gasteiger partial charge in [0.25, 0.3) is 0 Å². The third kappa shape index (κ3) is 6.33. The lowest BCUT2D eigenvalue weighted by molar-refractivity contribution is 0.0500. The number of hydrogen-bond donors (Lipinski definition) is 1. The van der Waals surface area contributed by atoms with Crippen LogP contribution in [0.5, 0.6) is 0 Å². The summed E-state index contributed by atoms with van der Waals surface area (Å²) in [7, 11) is 0. The van der Waals surface area contributed by atoms with Gasteiger partial charge in [0.1, 0.15) is 5.60 Å². The van der Waals surface area contributed by atoms with Gasteiger partial charge in [-0.05, 0) is 38.8 Å². The number of benzene rings is 2. The van der Waals surface area contributed by atoms with Gasteiger partial charge < -0.3 is 10.1 Å². The predicted octanol–water partition coefficient (Wildman–Crippen LogP) is 5.60. The van der Waals surface area contributed by atoms with E-state index in [2.05, 4.69) is 46.7 Å². The van der Waals surface area contributed by atoms with Gasteiger partial charge in [-0.1, -0.05) is 83.3 Å². The first-order valence-electron chi connectivity index (χ1n) is 10.7. The molecule has 1 amide bonds. The highest BCUT2D eigenvalue weighted by Gasteiger charge is 2.26. The largest absolute Gasteiger partial charge is 0.444 e. The van der Waals surface area contributed by atoms with E-state index in [0.29, 0.717) is 17.2 Å². The Labute approximate surface area is 201 Å². The SMILES string of the molecule is Cc1cccc(CSc2nn3c(C(Cc4ccccc4)NC(=O)OC(C)(C)C)nnc3s2)c1. The van der Waals surface area contributed by atoms with Gasteiger partial charge >= 0.3 is 6.09 Å². The fourth-order valence-electron chi connectivity index (χ4n) is 3.34. The molecule has 172 valence electrons. The van der Waals surface area contributed by atoms with E-state index in [4.69, 9.17) is 9.84 Å². The standard InChI is InChI=1S/C24H27N5O2S2/c1-16-9-8-12-18(13-16)15-32-23-28-29-20(26-27-21(29)33-23)19(14-17-10-6-5-7-11-17)25-22(30)31-24(2,3)4/h5-13,19H,14-15H2,1-4H3,(H,25,30). The molecule has 0 fully saturated rings. The van der Waals surface area contributed by atoms with Crippen molar-refractivity contribution in [1.82, 2.24) is 25.1 Å². The van der Waals surface area contributed by atoms with E-state index in [1.54, 1.807) is 16.3 Å². The minimum absolute atomic E-state index is 0.436. The maximum atomic E-state index is 12.6. The van der Waals surface area contributed by atoms with Crippen molar-refractivity contribution >= 4 is 34.2 Å². The zero-order chi connectivity index (χ0) is 23.4. The van der Waals surface area contributed by atoms with Gasteiger partial charge in [0.15, 0.2) is 10.2 Å². The zero-order valence-corrected chi connectivity index (χ0v) is 20.7. The van der Waals surface area contributed by atoms with Gasteiger partial charge in [-0.25, -0.2) is 4.79 Å². The molecule has 7 nitrogen and oxygen atoms in total. The Morgan fingerprint density at radius 2 is 1.88 bits per heavy atom. The summed E-state index contributed by atoms with van der Waals surface area (Å²) in [6, 6.07) is 18.0. The van der Waals surface area contributed by atoms with Crippen LogP contribution < -0.4 is 5.32 Å². The highest BCUT2D eigenvalue weighted by Crippen LogP contribution is 2.29. The molecule has 1 unspecified atom stereocenters. The maximum Gasteiger partial charge on any atom is 0.408 e. The Bertz CT molecular complexity index is 1230. The van der Waals surface area contributed by atoms with Crippen LogP contribution in [-0.4, -0.2) is 31.5 Å². The van der Waals surface area contributed by atoms with Crippen molar-refractivity contribution in [1.29, 1.82) is 0 Å². The molecule has 1 N–H and O–H groups in total. The number of nitrogens with zero attached hydrogens (tertiary/aromatic N) is 4. The Morgan fingerprint density at radius 3 is 2.61 bits per heavy atom. The first kappa shape index (κ1) is 23.3. The normalized spacial score (nSPS) is 12.6. The maximum absolute atomic E-state index is 12.6. The van der Waals surface area contributed by atoms with Crippen molar-refractivity contribution in [3.05, 3.63) is 77.1 Å². The quantitative estimate of drug-likeness (QED) is 0.346. The number of aryl methyl sites for hydroxylation is 1. The van der Waals surface area contributed by atoms with Gasteiger partial charge in [-0.2, -0.15) is 4.52 Å². The Morgan fingerprint density at radius 1 is 1.12 bits per heavy atom. The molecule has 4 aromatic rings. The van der Waals surface area contributed by atoms with Crippen LogP contribution in [0.1, 0.15) is 49.3 Å². The molecule has 0 saturated carbocycles. The highest BCUT2D eigenvalue weighted by molar-refractivity contribution is 8.00. The Kier molecular flexibility index (Phi) is 6.99. The lowest BCUT2D eigenvalue weighted by Gasteiger charge is -2.22. The number of carbonyl (C=O) groups is 1. The van der Waals surface area contributed by atoms with Crippen LogP contribution >= 0.6 is 23.1 Å². The lowest BCUT2D eigenvalue weighted by Crippen LogP contribution is -2.36. The van der Waals surface area contributed by atoms with E-state index in [9.17, 15) is 4.79 Å². The van der Waals surface area contributed by atoms with Crippen molar-refractivity contribution < 1.29 is 9.53 Å². The van der Waals surface area contributed by atoms with E-state index in [1.165, 1.54) is 22.5 Å². The molecule has 0 bridgehead atoms. The van der Waals surface area contributed by atoms with Gasteiger partial charge in [-0.15, -0.1) is 15.3 Å². The number of rotatable bonds is 7. The van der Waals surface area contributed by atoms with Crippen molar-refractivity contribution in [2.75, 3.05) is 0 Å². The number of carbonyl (C=O) groups excluding carboxylic acids is 1. The topological polar surface area (TPSA) is 81.4 Å². The summed E-state index contributed by atoms with van der Waals surface area (Å²) in [5, 5.41) is 16.4. The molecule has 1 atom stereocenters. The number of ether oxygens (including phenoxy) is 1. The molecule has 2 aromatic carbocycles. The van der Waals surface area contributed by atoms with E-state index in [-0.39, 0.29) is 0 Å². The van der Waals surface area contributed by atoms with Crippen LogP contribution in [0.3, 0.4) is 0 Å². The summed E-state index contributed by atoms with van der Waals surface area (Å²) in [5.74, 6) is 1.41. The number of hydrogen-bond acceptors (Lipinski definition) is 7. The van der Waals surface area contributed by atoms with Crippen molar-refractivity contribution in [2.45, 2.75) is 55.9 Å². The van der Waals surface area contributed by atoms with Crippen molar-refractivity contribution in [3.63, 3.8) is 0 Å². The second-order valence-corrected chi connectivity index (χ2v) is 11.0. The molecule has 0 aliphatic rings. The Balaban J connectivity index is 1.56. The van der Waals surface area contributed by atoms with Gasteiger partial charge in [0.05, 0.1) is 6.04 Å². The summed E-state index contributed by atoms with van der Waals surface area (Å²) in [6.07, 6.45) is 0.0499. The smallest absolute Gasteiger partial charge is 0.408 e. The summed E-state index contributed by atoms with van der Waals surface area (Å²) in [4.78, 5) is 13.3. The number of alkyl carbamates (subject to hydrolysis) is 1. The van der Waals surface area contributed by atoms with Crippen LogP contribution in [0.15, 0.2) is 58.9 Å². The number of thioether (sulfide) groups is 1. The summed E-state index contributed by atoms with van der Waals surface area (Å²) < 4.78 is 8.12. The molecule has 33 heavy (non-hydrogen) atoms. The molecular weight excluding hydrogens is 454 g/mol. The zero-order valence-electron chi connectivity index (χ0n) is 19.1. The lowest BCUT2D eigenvalue weighted by atomic mass is 10.1. The minimum Gasteiger partial charge on any atom is -0.444 e. The summed E-state index contributed by atoms with van der Waals surface area (Å²) in [5.41, 5.74) is 2.96. The van der Waals surface area contributed by atoms with Crippen LogP contribution in [0.25, 0.3) is 4.96 Å². The van der Waals surface area contributed by atoms with Gasteiger partial charge in [0.2, 0.25) is 4.96 Å². The third-order valence-electron chi connectivity index (χ3n) is 4.73. The van der Waals surface area contributed by atoms with Gasteiger partial charge in [-0.3, -0.25) is 0 Å². The molecule has 0 spiro atoms. The van der Waals surface area contributed by atoms with E-state index in [1.807, 2.05) is 51.1 Å². The second kappa shape index (κ2) is 9.93. The molecule has 0 aliphatic heterocycles. The van der Waals surface area contributed by atoms with Gasteiger partial charge in [0, 0.05) is 12.2 Å². The number of fused-ring (bicyclic) bond motifs is 1. The van der Waals surface area contributed by atoms with Crippen LogP contribution in [0.2, 0.25) is 0 Å². The highest BCUT2D eigenvalue weighted by atomic mass is 32.2. The third-order valence-corrected chi connectivity index (χ3v) is 6.83. The molecule has 0 aliphatic carbocycles. The van der Waals surface area contributed by atoms with E-state index in [0.717, 1.165) is 15.7 Å². The molecule has 2 heterocycles.